The van der Waals surface area contributed by atoms with E-state index in [2.05, 4.69) is 13.0 Å². The molecule has 0 aromatic rings. The second kappa shape index (κ2) is 12.1. The zero-order valence-electron chi connectivity index (χ0n) is 11.1. The van der Waals surface area contributed by atoms with Gasteiger partial charge in [0.15, 0.2) is 0 Å². The van der Waals surface area contributed by atoms with Gasteiger partial charge in [-0.15, -0.1) is 0 Å². The summed E-state index contributed by atoms with van der Waals surface area (Å²) in [7, 11) is 1.61. The maximum atomic E-state index is 11.5. The van der Waals surface area contributed by atoms with Crippen LogP contribution >= 0.6 is 0 Å². The molecule has 17 heavy (non-hydrogen) atoms. The van der Waals surface area contributed by atoms with Crippen molar-refractivity contribution in [3.8, 4) is 0 Å². The minimum absolute atomic E-state index is 0. The second-order valence-electron chi connectivity index (χ2n) is 3.74. The van der Waals surface area contributed by atoms with Crippen molar-refractivity contribution in [1.29, 1.82) is 0 Å². The van der Waals surface area contributed by atoms with Crippen LogP contribution in [0.25, 0.3) is 0 Å². The predicted molar refractivity (Wildman–Crippen MR) is 60.5 cm³/mol. The molecule has 92 valence electrons. The van der Waals surface area contributed by atoms with E-state index < -0.39 is 5.97 Å². The van der Waals surface area contributed by atoms with Crippen molar-refractivity contribution < 1.29 is 44.3 Å². The molecule has 1 amide bonds. The average Bonchev–Trinajstić information content (AvgIpc) is 2.25. The van der Waals surface area contributed by atoms with Crippen molar-refractivity contribution in [2.45, 2.75) is 39.0 Å². The van der Waals surface area contributed by atoms with Crippen LogP contribution in [0.3, 0.4) is 0 Å². The first-order valence-corrected chi connectivity index (χ1v) is 5.66. The Labute approximate surface area is 125 Å². The third kappa shape index (κ3) is 11.9. The van der Waals surface area contributed by atoms with Gasteiger partial charge in [0.1, 0.15) is 0 Å². The predicted octanol–water partition coefficient (Wildman–Crippen LogP) is -2.27. The van der Waals surface area contributed by atoms with Gasteiger partial charge in [0, 0.05) is 32.4 Å². The van der Waals surface area contributed by atoms with Crippen LogP contribution in [0.4, 0.5) is 0 Å². The molecular weight excluding hydrogens is 229 g/mol. The number of amides is 1. The van der Waals surface area contributed by atoms with E-state index in [1.54, 1.807) is 7.05 Å². The summed E-state index contributed by atoms with van der Waals surface area (Å²) in [6.07, 6.45) is 7.25. The molecule has 5 heteroatoms. The Bertz CT molecular complexity index is 254. The molecule has 0 bridgehead atoms. The van der Waals surface area contributed by atoms with Gasteiger partial charge in [-0.2, -0.15) is 0 Å². The molecule has 0 unspecified atom stereocenters. The Balaban J connectivity index is 0. The van der Waals surface area contributed by atoms with Gasteiger partial charge in [0.25, 0.3) is 0 Å². The van der Waals surface area contributed by atoms with Gasteiger partial charge in [-0.3, -0.25) is 4.79 Å². The molecule has 0 fully saturated rings. The third-order valence-electron chi connectivity index (χ3n) is 2.22. The molecular formula is C12H20NNaO3. The van der Waals surface area contributed by atoms with E-state index in [1.165, 1.54) is 4.90 Å². The van der Waals surface area contributed by atoms with E-state index in [4.69, 9.17) is 0 Å². The number of rotatable bonds is 8. The molecule has 0 saturated heterocycles. The number of carbonyl (C=O) groups is 2. The number of carbonyl (C=O) groups excluding carboxylic acids is 2. The Kier molecular flexibility index (Phi) is 13.6. The van der Waals surface area contributed by atoms with E-state index in [0.717, 1.165) is 12.8 Å². The number of unbranched alkanes of at least 4 members (excludes halogenated alkanes) is 1. The second-order valence-corrected chi connectivity index (χ2v) is 3.74. The maximum Gasteiger partial charge on any atom is 1.00 e. The van der Waals surface area contributed by atoms with E-state index in [9.17, 15) is 14.7 Å². The molecule has 0 saturated carbocycles. The Morgan fingerprint density at radius 3 is 2.29 bits per heavy atom. The largest absolute Gasteiger partial charge is 1.00 e. The van der Waals surface area contributed by atoms with Crippen LogP contribution < -0.4 is 34.7 Å². The van der Waals surface area contributed by atoms with Crippen LogP contribution in [0.2, 0.25) is 0 Å². The number of aliphatic carboxylic acids is 1. The minimum Gasteiger partial charge on any atom is -0.550 e. The van der Waals surface area contributed by atoms with Crippen LogP contribution in [0, 0.1) is 0 Å². The Morgan fingerprint density at radius 1 is 1.18 bits per heavy atom. The van der Waals surface area contributed by atoms with Gasteiger partial charge in [0.2, 0.25) is 5.91 Å². The average molecular weight is 249 g/mol. The van der Waals surface area contributed by atoms with Crippen LogP contribution in [0.1, 0.15) is 39.0 Å². The van der Waals surface area contributed by atoms with Crippen molar-refractivity contribution in [3.05, 3.63) is 12.2 Å². The Morgan fingerprint density at radius 2 is 1.76 bits per heavy atom. The zero-order chi connectivity index (χ0) is 12.4. The first-order chi connectivity index (χ1) is 7.57. The molecule has 4 nitrogen and oxygen atoms in total. The van der Waals surface area contributed by atoms with E-state index in [0.29, 0.717) is 12.8 Å². The SMILES string of the molecule is CCC/C=C/CCC(=O)N(C)CCC(=O)[O-].[Na+]. The molecule has 0 aromatic heterocycles. The minimum atomic E-state index is -1.12. The summed E-state index contributed by atoms with van der Waals surface area (Å²) in [4.78, 5) is 23.1. The molecule has 0 aliphatic carbocycles. The molecule has 0 aliphatic rings. The van der Waals surface area contributed by atoms with Gasteiger partial charge >= 0.3 is 29.6 Å². The van der Waals surface area contributed by atoms with Crippen LogP contribution in [0.15, 0.2) is 12.2 Å². The van der Waals surface area contributed by atoms with Crippen molar-refractivity contribution in [2.75, 3.05) is 13.6 Å². The summed E-state index contributed by atoms with van der Waals surface area (Å²) in [6.45, 7) is 2.32. The number of nitrogens with zero attached hydrogens (tertiary/aromatic N) is 1. The fourth-order valence-electron chi connectivity index (χ4n) is 1.18. The maximum absolute atomic E-state index is 11.5. The third-order valence-corrected chi connectivity index (χ3v) is 2.22. The monoisotopic (exact) mass is 249 g/mol. The quantitative estimate of drug-likeness (QED) is 0.360. The summed E-state index contributed by atoms with van der Waals surface area (Å²) < 4.78 is 0. The van der Waals surface area contributed by atoms with Gasteiger partial charge < -0.3 is 14.8 Å². The van der Waals surface area contributed by atoms with Crippen molar-refractivity contribution in [3.63, 3.8) is 0 Å². The van der Waals surface area contributed by atoms with Gasteiger partial charge in [-0.05, 0) is 12.8 Å². The summed E-state index contributed by atoms with van der Waals surface area (Å²) >= 11 is 0. The van der Waals surface area contributed by atoms with Crippen LogP contribution in [-0.4, -0.2) is 30.4 Å². The topological polar surface area (TPSA) is 60.4 Å². The summed E-state index contributed by atoms with van der Waals surface area (Å²) in [6, 6.07) is 0. The molecule has 0 aliphatic heterocycles. The first-order valence-electron chi connectivity index (χ1n) is 5.66. The molecule has 0 atom stereocenters. The van der Waals surface area contributed by atoms with Crippen LogP contribution in [0.5, 0.6) is 0 Å². The van der Waals surface area contributed by atoms with Gasteiger partial charge in [-0.25, -0.2) is 0 Å². The van der Waals surface area contributed by atoms with Crippen molar-refractivity contribution in [2.24, 2.45) is 0 Å². The Hall–Kier alpha value is -0.320. The molecule has 0 rings (SSSR count). The zero-order valence-corrected chi connectivity index (χ0v) is 13.1. The molecule has 0 heterocycles. The van der Waals surface area contributed by atoms with E-state index in [1.807, 2.05) is 6.08 Å². The fraction of sp³-hybridized carbons (Fsp3) is 0.667. The number of carboxylic acids is 1. The smallest absolute Gasteiger partial charge is 0.550 e. The van der Waals surface area contributed by atoms with Crippen LogP contribution in [-0.2, 0) is 9.59 Å². The molecule has 0 N–H and O–H groups in total. The van der Waals surface area contributed by atoms with E-state index >= 15 is 0 Å². The fourth-order valence-corrected chi connectivity index (χ4v) is 1.18. The van der Waals surface area contributed by atoms with E-state index in [-0.39, 0.29) is 48.4 Å². The molecule has 0 spiro atoms. The first kappa shape index (κ1) is 19.0. The number of carboxylic acid groups (broad SMARTS) is 1. The standard InChI is InChI=1S/C12H21NO3.Na/c1-3-4-5-6-7-8-11(14)13(2)10-9-12(15)16;/h5-6H,3-4,7-10H2,1-2H3,(H,15,16);/q;+1/p-1/b6-5+;. The van der Waals surface area contributed by atoms with Gasteiger partial charge in [0.05, 0.1) is 0 Å². The summed E-state index contributed by atoms with van der Waals surface area (Å²) in [5, 5.41) is 10.2. The summed E-state index contributed by atoms with van der Waals surface area (Å²) in [5.74, 6) is -1.15. The number of hydrogen-bond donors (Lipinski definition) is 0. The summed E-state index contributed by atoms with van der Waals surface area (Å²) in [5.41, 5.74) is 0. The van der Waals surface area contributed by atoms with Crippen molar-refractivity contribution >= 4 is 11.9 Å². The number of hydrogen-bond acceptors (Lipinski definition) is 3. The van der Waals surface area contributed by atoms with Gasteiger partial charge in [-0.1, -0.05) is 25.5 Å². The molecule has 0 radical (unpaired) electrons. The molecule has 0 aromatic carbocycles. The number of allylic oxidation sites excluding steroid dienone is 2. The normalized spacial score (nSPS) is 10.0. The van der Waals surface area contributed by atoms with Crippen molar-refractivity contribution in [1.82, 2.24) is 4.90 Å².